The molecule has 0 bridgehead atoms. The Morgan fingerprint density at radius 1 is 1.45 bits per heavy atom. The molecule has 1 aromatic heterocycles. The normalized spacial score (nSPS) is 18.1. The lowest BCUT2D eigenvalue weighted by atomic mass is 9.86. The van der Waals surface area contributed by atoms with Crippen molar-refractivity contribution < 1.29 is 19.0 Å². The average Bonchev–Trinajstić information content (AvgIpc) is 2.36. The second-order valence-electron chi connectivity index (χ2n) is 6.60. The van der Waals surface area contributed by atoms with Crippen molar-refractivity contribution in [2.24, 2.45) is 0 Å². The van der Waals surface area contributed by atoms with Gasteiger partial charge in [-0.15, -0.1) is 0 Å². The van der Waals surface area contributed by atoms with Crippen LogP contribution in [0.3, 0.4) is 0 Å². The molecular weight excluding hydrogens is 286 g/mol. The number of ether oxygens (including phenoxy) is 1. The molecule has 1 aliphatic rings. The number of aliphatic hydroxyl groups is 1. The number of hydrogen-bond acceptors (Lipinski definition) is 4. The van der Waals surface area contributed by atoms with Gasteiger partial charge in [0, 0.05) is 19.3 Å². The van der Waals surface area contributed by atoms with Crippen molar-refractivity contribution in [3.05, 3.63) is 23.8 Å². The minimum Gasteiger partial charge on any atom is -0.444 e. The fourth-order valence-electron chi connectivity index (χ4n) is 2.42. The Kier molecular flexibility index (Phi) is 4.47. The van der Waals surface area contributed by atoms with E-state index in [0.29, 0.717) is 0 Å². The summed E-state index contributed by atoms with van der Waals surface area (Å²) in [5.41, 5.74) is -1.78. The highest BCUT2D eigenvalue weighted by molar-refractivity contribution is 6.32. The van der Waals surface area contributed by atoms with E-state index in [2.05, 4.69) is 4.98 Å². The van der Waals surface area contributed by atoms with E-state index in [1.165, 1.54) is 11.1 Å². The quantitative estimate of drug-likeness (QED) is 0.793. The van der Waals surface area contributed by atoms with E-state index in [1.807, 2.05) is 0 Å². The Labute approximate surface area is 130 Å². The standard InChI is InChI=1S/C15H20BFN2O3/c1-14(2,3)22-13(20)19-6-4-15(21,5-7-19)12-11(17)8-10(16)9-18-12/h8-9,21H,4-7H2,1-3H3. The highest BCUT2D eigenvalue weighted by Gasteiger charge is 2.39. The highest BCUT2D eigenvalue weighted by atomic mass is 19.1. The first-order chi connectivity index (χ1) is 10.1. The average molecular weight is 306 g/mol. The molecule has 0 unspecified atom stereocenters. The van der Waals surface area contributed by atoms with Gasteiger partial charge < -0.3 is 14.7 Å². The second kappa shape index (κ2) is 5.87. The van der Waals surface area contributed by atoms with Crippen LogP contribution in [0.2, 0.25) is 0 Å². The van der Waals surface area contributed by atoms with Crippen LogP contribution in [0.1, 0.15) is 39.3 Å². The van der Waals surface area contributed by atoms with Crippen LogP contribution in [0.5, 0.6) is 0 Å². The van der Waals surface area contributed by atoms with Gasteiger partial charge in [0.2, 0.25) is 0 Å². The SMILES string of the molecule is [B]c1cnc(C2(O)CCN(C(=O)OC(C)(C)C)CC2)c(F)c1. The lowest BCUT2D eigenvalue weighted by molar-refractivity contribution is -0.0401. The molecule has 0 spiro atoms. The van der Waals surface area contributed by atoms with Gasteiger partial charge >= 0.3 is 6.09 Å². The summed E-state index contributed by atoms with van der Waals surface area (Å²) in [5.74, 6) is -0.631. The number of pyridine rings is 1. The first kappa shape index (κ1) is 16.7. The third kappa shape index (κ3) is 3.77. The smallest absolute Gasteiger partial charge is 0.410 e. The fourth-order valence-corrected chi connectivity index (χ4v) is 2.42. The zero-order valence-corrected chi connectivity index (χ0v) is 13.1. The van der Waals surface area contributed by atoms with E-state index < -0.39 is 23.1 Å². The second-order valence-corrected chi connectivity index (χ2v) is 6.60. The van der Waals surface area contributed by atoms with Crippen LogP contribution in [0.4, 0.5) is 9.18 Å². The van der Waals surface area contributed by atoms with Crippen LogP contribution in [0.25, 0.3) is 0 Å². The van der Waals surface area contributed by atoms with Crippen molar-refractivity contribution in [1.29, 1.82) is 0 Å². The van der Waals surface area contributed by atoms with E-state index in [0.717, 1.165) is 6.07 Å². The van der Waals surface area contributed by atoms with Gasteiger partial charge in [0.15, 0.2) is 0 Å². The summed E-state index contributed by atoms with van der Waals surface area (Å²) in [6, 6.07) is 1.14. The van der Waals surface area contributed by atoms with Gasteiger partial charge in [-0.1, -0.05) is 5.46 Å². The number of halogens is 1. The fraction of sp³-hybridized carbons (Fsp3) is 0.600. The molecule has 7 heteroatoms. The van der Waals surface area contributed by atoms with Crippen molar-refractivity contribution in [2.75, 3.05) is 13.1 Å². The summed E-state index contributed by atoms with van der Waals surface area (Å²) in [4.78, 5) is 17.4. The predicted octanol–water partition coefficient (Wildman–Crippen LogP) is 1.23. The van der Waals surface area contributed by atoms with Crippen LogP contribution in [0.15, 0.2) is 12.3 Å². The maximum Gasteiger partial charge on any atom is 0.410 e. The lowest BCUT2D eigenvalue weighted by Crippen LogP contribution is -2.47. The summed E-state index contributed by atoms with van der Waals surface area (Å²) in [5, 5.41) is 10.6. The Morgan fingerprint density at radius 2 is 2.05 bits per heavy atom. The molecule has 2 rings (SSSR count). The third-order valence-electron chi connectivity index (χ3n) is 3.55. The van der Waals surface area contributed by atoms with Gasteiger partial charge in [0.05, 0.1) is 0 Å². The molecule has 118 valence electrons. The van der Waals surface area contributed by atoms with Gasteiger partial charge in [-0.3, -0.25) is 4.98 Å². The zero-order chi connectivity index (χ0) is 16.5. The number of nitrogens with zero attached hydrogens (tertiary/aromatic N) is 2. The molecular formula is C15H20BFN2O3. The summed E-state index contributed by atoms with van der Waals surface area (Å²) in [7, 11) is 5.47. The van der Waals surface area contributed by atoms with Crippen molar-refractivity contribution in [3.63, 3.8) is 0 Å². The Morgan fingerprint density at radius 3 is 2.55 bits per heavy atom. The molecule has 0 atom stereocenters. The number of rotatable bonds is 1. The highest BCUT2D eigenvalue weighted by Crippen LogP contribution is 2.33. The molecule has 2 heterocycles. The molecule has 1 N–H and O–H groups in total. The molecule has 1 saturated heterocycles. The molecule has 0 aliphatic carbocycles. The van der Waals surface area contributed by atoms with Crippen molar-refractivity contribution >= 4 is 19.4 Å². The van der Waals surface area contributed by atoms with Gasteiger partial charge in [-0.25, -0.2) is 9.18 Å². The van der Waals surface area contributed by atoms with Crippen molar-refractivity contribution in [3.8, 4) is 0 Å². The van der Waals surface area contributed by atoms with Crippen LogP contribution in [-0.2, 0) is 10.3 Å². The minimum absolute atomic E-state index is 0.0226. The van der Waals surface area contributed by atoms with E-state index in [-0.39, 0.29) is 37.1 Å². The van der Waals surface area contributed by atoms with E-state index in [1.54, 1.807) is 20.8 Å². The van der Waals surface area contributed by atoms with Crippen LogP contribution < -0.4 is 5.46 Å². The molecule has 5 nitrogen and oxygen atoms in total. The van der Waals surface area contributed by atoms with Gasteiger partial charge in [0.1, 0.15) is 30.6 Å². The van der Waals surface area contributed by atoms with Gasteiger partial charge in [-0.2, -0.15) is 0 Å². The first-order valence-corrected chi connectivity index (χ1v) is 7.22. The summed E-state index contributed by atoms with van der Waals surface area (Å²) in [6.45, 7) is 5.92. The monoisotopic (exact) mass is 306 g/mol. The number of carbonyl (C=O) groups is 1. The third-order valence-corrected chi connectivity index (χ3v) is 3.55. The number of aromatic nitrogens is 1. The number of hydrogen-bond donors (Lipinski definition) is 1. The van der Waals surface area contributed by atoms with E-state index in [9.17, 15) is 14.3 Å². The molecule has 0 aromatic carbocycles. The van der Waals surface area contributed by atoms with E-state index >= 15 is 0 Å². The molecule has 2 radical (unpaired) electrons. The topological polar surface area (TPSA) is 62.7 Å². The van der Waals surface area contributed by atoms with Crippen molar-refractivity contribution in [1.82, 2.24) is 9.88 Å². The van der Waals surface area contributed by atoms with Crippen molar-refractivity contribution in [2.45, 2.75) is 44.8 Å². The predicted molar refractivity (Wildman–Crippen MR) is 80.5 cm³/mol. The summed E-state index contributed by atoms with van der Waals surface area (Å²) >= 11 is 0. The maximum atomic E-state index is 14.0. The lowest BCUT2D eigenvalue weighted by Gasteiger charge is -2.38. The van der Waals surface area contributed by atoms with Crippen LogP contribution in [-0.4, -0.2) is 47.6 Å². The molecule has 1 aliphatic heterocycles. The molecule has 1 aromatic rings. The Balaban J connectivity index is 2.06. The summed E-state index contributed by atoms with van der Waals surface area (Å²) < 4.78 is 19.2. The molecule has 1 fully saturated rings. The molecule has 1 amide bonds. The van der Waals surface area contributed by atoms with E-state index in [4.69, 9.17) is 12.6 Å². The van der Waals surface area contributed by atoms with Crippen LogP contribution in [0, 0.1) is 5.82 Å². The first-order valence-electron chi connectivity index (χ1n) is 7.22. The number of piperidine rings is 1. The van der Waals surface area contributed by atoms with Gasteiger partial charge in [0.25, 0.3) is 0 Å². The largest absolute Gasteiger partial charge is 0.444 e. The number of carbonyl (C=O) groups excluding carboxylic acids is 1. The maximum absolute atomic E-state index is 14.0. The minimum atomic E-state index is -1.39. The molecule has 0 saturated carbocycles. The number of likely N-dealkylation sites (tertiary alicyclic amines) is 1. The van der Waals surface area contributed by atoms with Gasteiger partial charge in [-0.05, 0) is 39.7 Å². The van der Waals surface area contributed by atoms with Crippen LogP contribution >= 0.6 is 0 Å². The Hall–Kier alpha value is -1.63. The molecule has 22 heavy (non-hydrogen) atoms. The Bertz CT molecular complexity index is 566. The number of amides is 1. The zero-order valence-electron chi connectivity index (χ0n) is 13.1. The summed E-state index contributed by atoms with van der Waals surface area (Å²) in [6.07, 6.45) is 1.27.